The Bertz CT molecular complexity index is 728. The Labute approximate surface area is 132 Å². The van der Waals surface area contributed by atoms with Crippen LogP contribution in [0.5, 0.6) is 0 Å². The van der Waals surface area contributed by atoms with Crippen LogP contribution >= 0.6 is 15.9 Å². The monoisotopic (exact) mass is 372 g/mol. The Morgan fingerprint density at radius 2 is 2.14 bits per heavy atom. The van der Waals surface area contributed by atoms with E-state index in [0.29, 0.717) is 22.3 Å². The maximum absolute atomic E-state index is 12.5. The van der Waals surface area contributed by atoms with Crippen molar-refractivity contribution in [2.24, 2.45) is 0 Å². The molecule has 1 heterocycles. The van der Waals surface area contributed by atoms with Crippen molar-refractivity contribution in [1.29, 1.82) is 0 Å². The Hall–Kier alpha value is -1.38. The van der Waals surface area contributed by atoms with Gasteiger partial charge >= 0.3 is 0 Å². The number of aromatic amines is 1. The van der Waals surface area contributed by atoms with Crippen molar-refractivity contribution in [3.63, 3.8) is 0 Å². The van der Waals surface area contributed by atoms with E-state index in [1.54, 1.807) is 12.1 Å². The molecule has 0 radical (unpaired) electrons. The highest BCUT2D eigenvalue weighted by Gasteiger charge is 2.21. The van der Waals surface area contributed by atoms with Crippen LogP contribution in [-0.4, -0.2) is 25.2 Å². The molecule has 0 saturated carbocycles. The smallest absolute Gasteiger partial charge is 0.279 e. The first kappa shape index (κ1) is 16.0. The van der Waals surface area contributed by atoms with Gasteiger partial charge in [-0.3, -0.25) is 9.82 Å². The number of sulfonamides is 1. The summed E-state index contributed by atoms with van der Waals surface area (Å²) in [4.78, 5) is 0. The number of nitrogens with zero attached hydrogens (tertiary/aromatic N) is 1. The normalized spacial score (nSPS) is 11.6. The van der Waals surface area contributed by atoms with E-state index in [4.69, 9.17) is 0 Å². The lowest BCUT2D eigenvalue weighted by Crippen LogP contribution is -2.18. The summed E-state index contributed by atoms with van der Waals surface area (Å²) < 4.78 is 28.2. The Morgan fingerprint density at radius 1 is 1.38 bits per heavy atom. The van der Waals surface area contributed by atoms with E-state index in [2.05, 4.69) is 36.2 Å². The van der Waals surface area contributed by atoms with Crippen molar-refractivity contribution in [3.05, 3.63) is 40.0 Å². The lowest BCUT2D eigenvalue weighted by molar-refractivity contribution is 0.594. The van der Waals surface area contributed by atoms with Crippen LogP contribution in [0.4, 0.5) is 5.69 Å². The molecule has 0 aliphatic heterocycles. The first-order valence-electron chi connectivity index (χ1n) is 6.46. The van der Waals surface area contributed by atoms with Gasteiger partial charge in [-0.2, -0.15) is 13.5 Å². The summed E-state index contributed by atoms with van der Waals surface area (Å²) in [7, 11) is -3.71. The summed E-state index contributed by atoms with van der Waals surface area (Å²) >= 11 is 3.34. The predicted molar refractivity (Wildman–Crippen MR) is 85.7 cm³/mol. The molecule has 0 spiro atoms. The van der Waals surface area contributed by atoms with Crippen molar-refractivity contribution >= 4 is 31.6 Å². The number of aromatic nitrogens is 2. The minimum absolute atomic E-state index is 0.0804. The minimum Gasteiger partial charge on any atom is -0.313 e. The average molecular weight is 373 g/mol. The van der Waals surface area contributed by atoms with Gasteiger partial charge in [0.1, 0.15) is 0 Å². The number of aryl methyl sites for hydroxylation is 1. The first-order chi connectivity index (χ1) is 9.94. The van der Waals surface area contributed by atoms with E-state index in [9.17, 15) is 8.42 Å². The van der Waals surface area contributed by atoms with Gasteiger partial charge in [0.05, 0.1) is 11.9 Å². The fraction of sp³-hybridized carbons (Fsp3) is 0.308. The molecule has 6 nitrogen and oxygen atoms in total. The third-order valence-corrected chi connectivity index (χ3v) is 4.95. The van der Waals surface area contributed by atoms with E-state index in [0.717, 1.165) is 12.1 Å². The van der Waals surface area contributed by atoms with Crippen LogP contribution in [0.1, 0.15) is 18.1 Å². The predicted octanol–water partition coefficient (Wildman–Crippen LogP) is 2.39. The first-order valence-corrected chi connectivity index (χ1v) is 8.73. The number of nitrogens with one attached hydrogen (secondary N) is 3. The average Bonchev–Trinajstić information content (AvgIpc) is 2.89. The summed E-state index contributed by atoms with van der Waals surface area (Å²) in [5.74, 6) is 0. The molecule has 0 bridgehead atoms. The zero-order valence-electron chi connectivity index (χ0n) is 11.8. The number of benzene rings is 1. The standard InChI is InChI=1S/C13H17BrN4O2S/c1-3-15-7-10-8-16-17-13(10)21(19,20)18-12-6-9(2)4-5-11(12)14/h4-6,8,15,18H,3,7H2,1-2H3,(H,16,17). The zero-order valence-corrected chi connectivity index (χ0v) is 14.2. The second kappa shape index (κ2) is 6.59. The second-order valence-corrected chi connectivity index (χ2v) is 7.07. The summed E-state index contributed by atoms with van der Waals surface area (Å²) in [6.45, 7) is 5.05. The highest BCUT2D eigenvalue weighted by molar-refractivity contribution is 9.10. The quantitative estimate of drug-likeness (QED) is 0.726. The summed E-state index contributed by atoms with van der Waals surface area (Å²) in [5, 5.41) is 9.55. The van der Waals surface area contributed by atoms with Gasteiger partial charge in [-0.15, -0.1) is 0 Å². The molecule has 8 heteroatoms. The molecule has 114 valence electrons. The van der Waals surface area contributed by atoms with Crippen LogP contribution in [0.2, 0.25) is 0 Å². The fourth-order valence-corrected chi connectivity index (χ4v) is 3.51. The van der Waals surface area contributed by atoms with Gasteiger partial charge in [-0.1, -0.05) is 13.0 Å². The van der Waals surface area contributed by atoms with Gasteiger partial charge in [-0.05, 0) is 47.1 Å². The molecule has 0 atom stereocenters. The van der Waals surface area contributed by atoms with E-state index in [1.165, 1.54) is 6.20 Å². The highest BCUT2D eigenvalue weighted by Crippen LogP contribution is 2.26. The molecule has 0 unspecified atom stereocenters. The molecule has 1 aromatic heterocycles. The zero-order chi connectivity index (χ0) is 15.5. The largest absolute Gasteiger partial charge is 0.313 e. The molecule has 0 saturated heterocycles. The third-order valence-electron chi connectivity index (χ3n) is 2.88. The van der Waals surface area contributed by atoms with Crippen molar-refractivity contribution in [2.45, 2.75) is 25.4 Å². The SMILES string of the molecule is CCNCc1cn[nH]c1S(=O)(=O)Nc1cc(C)ccc1Br. The summed E-state index contributed by atoms with van der Waals surface area (Å²) in [5.41, 5.74) is 2.07. The number of H-pyrrole nitrogens is 1. The number of halogens is 1. The molecular formula is C13H17BrN4O2S. The third kappa shape index (κ3) is 3.84. The Morgan fingerprint density at radius 3 is 2.86 bits per heavy atom. The van der Waals surface area contributed by atoms with E-state index >= 15 is 0 Å². The van der Waals surface area contributed by atoms with Crippen molar-refractivity contribution in [3.8, 4) is 0 Å². The molecule has 3 N–H and O–H groups in total. The van der Waals surface area contributed by atoms with Crippen LogP contribution in [0.15, 0.2) is 33.9 Å². The van der Waals surface area contributed by atoms with Gasteiger partial charge in [0.25, 0.3) is 10.0 Å². The van der Waals surface area contributed by atoms with Crippen molar-refractivity contribution < 1.29 is 8.42 Å². The van der Waals surface area contributed by atoms with Gasteiger partial charge in [0.2, 0.25) is 0 Å². The molecule has 0 amide bonds. The number of rotatable bonds is 6. The molecule has 1 aromatic carbocycles. The van der Waals surface area contributed by atoms with Crippen LogP contribution in [0.25, 0.3) is 0 Å². The topological polar surface area (TPSA) is 86.9 Å². The van der Waals surface area contributed by atoms with Crippen molar-refractivity contribution in [1.82, 2.24) is 15.5 Å². The lowest BCUT2D eigenvalue weighted by atomic mass is 10.2. The van der Waals surface area contributed by atoms with Gasteiger partial charge in [0.15, 0.2) is 5.03 Å². The summed E-state index contributed by atoms with van der Waals surface area (Å²) in [6, 6.07) is 5.47. The van der Waals surface area contributed by atoms with Crippen LogP contribution in [0, 0.1) is 6.92 Å². The van der Waals surface area contributed by atoms with Gasteiger partial charge in [0, 0.05) is 16.6 Å². The minimum atomic E-state index is -3.71. The fourth-order valence-electron chi connectivity index (χ4n) is 1.83. The highest BCUT2D eigenvalue weighted by atomic mass is 79.9. The molecule has 0 aliphatic rings. The lowest BCUT2D eigenvalue weighted by Gasteiger charge is -2.10. The van der Waals surface area contributed by atoms with Gasteiger partial charge in [-0.25, -0.2) is 0 Å². The maximum atomic E-state index is 12.5. The van der Waals surface area contributed by atoms with Crippen molar-refractivity contribution in [2.75, 3.05) is 11.3 Å². The van der Waals surface area contributed by atoms with E-state index in [-0.39, 0.29) is 5.03 Å². The molecule has 0 aliphatic carbocycles. The van der Waals surface area contributed by atoms with Crippen LogP contribution in [-0.2, 0) is 16.6 Å². The van der Waals surface area contributed by atoms with Crippen LogP contribution in [0.3, 0.4) is 0 Å². The number of anilines is 1. The molecule has 21 heavy (non-hydrogen) atoms. The molecule has 0 fully saturated rings. The van der Waals surface area contributed by atoms with E-state index < -0.39 is 10.0 Å². The van der Waals surface area contributed by atoms with E-state index in [1.807, 2.05) is 19.9 Å². The molecular weight excluding hydrogens is 356 g/mol. The van der Waals surface area contributed by atoms with Gasteiger partial charge < -0.3 is 5.32 Å². The Kier molecular flexibility index (Phi) is 5.02. The summed E-state index contributed by atoms with van der Waals surface area (Å²) in [6.07, 6.45) is 1.52. The second-order valence-electron chi connectivity index (χ2n) is 4.59. The number of hydrogen-bond acceptors (Lipinski definition) is 4. The molecule has 2 aromatic rings. The maximum Gasteiger partial charge on any atom is 0.279 e. The Balaban J connectivity index is 2.30. The van der Waals surface area contributed by atoms with Crippen LogP contribution < -0.4 is 10.0 Å². The molecule has 2 rings (SSSR count). The number of hydrogen-bond donors (Lipinski definition) is 3.